The summed E-state index contributed by atoms with van der Waals surface area (Å²) in [5, 5.41) is 57.6. The number of hydrogen-bond acceptors (Lipinski definition) is 12. The smallest absolute Gasteiger partial charge is 0.306 e. The molecule has 3 N–H and O–H groups in total. The van der Waals surface area contributed by atoms with Crippen molar-refractivity contribution in [3.63, 3.8) is 0 Å². The number of hydrogen-bond donors (Lipinski definition) is 2. The number of nitro benzene ring substituents is 5. The van der Waals surface area contributed by atoms with Crippen molar-refractivity contribution in [2.75, 3.05) is 11.1 Å². The molecule has 17 nitrogen and oxygen atoms in total. The first kappa shape index (κ1) is 20.4. The molecule has 0 amide bonds. The van der Waals surface area contributed by atoms with Crippen LogP contribution in [0.15, 0.2) is 24.3 Å². The van der Waals surface area contributed by atoms with E-state index in [-0.39, 0.29) is 0 Å². The molecule has 0 aliphatic heterocycles. The molecule has 0 atom stereocenters. The fourth-order valence-electron chi connectivity index (χ4n) is 2.24. The fraction of sp³-hybridized carbons (Fsp3) is 0. The summed E-state index contributed by atoms with van der Waals surface area (Å²) in [5.74, 6) is 0. The highest BCUT2D eigenvalue weighted by Gasteiger charge is 2.32. The minimum atomic E-state index is -1.18. The van der Waals surface area contributed by atoms with Gasteiger partial charge in [-0.2, -0.15) is 0 Å². The molecule has 2 aromatic carbocycles. The Morgan fingerprint density at radius 3 is 1.38 bits per heavy atom. The third-order valence-corrected chi connectivity index (χ3v) is 3.50. The highest BCUT2D eigenvalue weighted by atomic mass is 16.6. The second-order valence-corrected chi connectivity index (χ2v) is 5.20. The number of non-ortho nitro benzene ring substituents is 2. The Hall–Kier alpha value is -4.96. The van der Waals surface area contributed by atoms with E-state index in [1.165, 1.54) is 0 Å². The quantitative estimate of drug-likeness (QED) is 0.380. The van der Waals surface area contributed by atoms with Crippen LogP contribution in [-0.4, -0.2) is 24.6 Å². The van der Waals surface area contributed by atoms with Crippen LogP contribution in [0.5, 0.6) is 0 Å². The maximum atomic E-state index is 11.3. The van der Waals surface area contributed by atoms with Crippen LogP contribution < -0.4 is 11.1 Å². The minimum absolute atomic E-state index is 0.414. The van der Waals surface area contributed by atoms with Crippen molar-refractivity contribution in [1.29, 1.82) is 0 Å². The van der Waals surface area contributed by atoms with Gasteiger partial charge < -0.3 is 11.1 Å². The zero-order chi connectivity index (χ0) is 22.0. The second-order valence-electron chi connectivity index (χ2n) is 5.20. The lowest BCUT2D eigenvalue weighted by Gasteiger charge is -2.10. The van der Waals surface area contributed by atoms with Crippen LogP contribution in [0.25, 0.3) is 0 Å². The van der Waals surface area contributed by atoms with Crippen molar-refractivity contribution in [3.8, 4) is 0 Å². The van der Waals surface area contributed by atoms with Gasteiger partial charge in [-0.05, 0) is 0 Å². The first-order valence-corrected chi connectivity index (χ1v) is 7.04. The van der Waals surface area contributed by atoms with Gasteiger partial charge in [-0.1, -0.05) is 0 Å². The number of nitro groups is 5. The van der Waals surface area contributed by atoms with Crippen LogP contribution in [0.4, 0.5) is 45.5 Å². The summed E-state index contributed by atoms with van der Waals surface area (Å²) < 4.78 is 0. The average Bonchev–Trinajstić information content (AvgIpc) is 2.62. The fourth-order valence-corrected chi connectivity index (χ4v) is 2.24. The van der Waals surface area contributed by atoms with E-state index in [2.05, 4.69) is 5.32 Å². The molecule has 2 aromatic rings. The summed E-state index contributed by atoms with van der Waals surface area (Å²) in [4.78, 5) is 49.9. The van der Waals surface area contributed by atoms with Crippen LogP contribution in [0, 0.1) is 50.6 Å². The van der Waals surface area contributed by atoms with Gasteiger partial charge in [0.2, 0.25) is 0 Å². The number of nitrogens with zero attached hydrogens (tertiary/aromatic N) is 5. The first-order chi connectivity index (χ1) is 13.4. The predicted molar refractivity (Wildman–Crippen MR) is 93.9 cm³/mol. The summed E-state index contributed by atoms with van der Waals surface area (Å²) in [6.07, 6.45) is 0. The molecule has 0 aliphatic carbocycles. The Kier molecular flexibility index (Phi) is 5.15. The monoisotopic (exact) mass is 409 g/mol. The molecule has 0 fully saturated rings. The molecule has 0 bridgehead atoms. The van der Waals surface area contributed by atoms with E-state index in [9.17, 15) is 50.6 Å². The third kappa shape index (κ3) is 3.92. The summed E-state index contributed by atoms with van der Waals surface area (Å²) in [7, 11) is 0. The zero-order valence-electron chi connectivity index (χ0n) is 13.7. The predicted octanol–water partition coefficient (Wildman–Crippen LogP) is 2.55. The lowest BCUT2D eigenvalue weighted by Crippen LogP contribution is -2.06. The normalized spacial score (nSPS) is 10.2. The van der Waals surface area contributed by atoms with Gasteiger partial charge in [0.05, 0.1) is 48.5 Å². The van der Waals surface area contributed by atoms with Crippen molar-refractivity contribution in [2.45, 2.75) is 0 Å². The Balaban J connectivity index is 2.81. The number of nitrogens with one attached hydrogen (secondary N) is 1. The SMILES string of the molecule is Nc1c(Nc2c([N+](=O)[O-])cc([N+](=O)[O-])cc2[N+](=O)[O-])cc([N+](=O)[O-])cc1[N+](=O)[O-]. The standard InChI is InChI=1S/C12H7N7O10/c13-11-7(1-5(15(20)21)2-8(11)17(24)25)14-12-9(18(26)27)3-6(16(22)23)4-10(12)19(28)29/h1-4,14H,13H2. The number of anilines is 3. The van der Waals surface area contributed by atoms with Crippen molar-refractivity contribution < 1.29 is 24.6 Å². The van der Waals surface area contributed by atoms with E-state index in [0.717, 1.165) is 0 Å². The summed E-state index contributed by atoms with van der Waals surface area (Å²) in [6.45, 7) is 0. The maximum absolute atomic E-state index is 11.3. The first-order valence-electron chi connectivity index (χ1n) is 7.04. The lowest BCUT2D eigenvalue weighted by atomic mass is 10.1. The van der Waals surface area contributed by atoms with Gasteiger partial charge in [-0.15, -0.1) is 0 Å². The third-order valence-electron chi connectivity index (χ3n) is 3.50. The molecule has 29 heavy (non-hydrogen) atoms. The Labute approximate surface area is 157 Å². The van der Waals surface area contributed by atoms with Crippen molar-refractivity contribution >= 4 is 45.5 Å². The van der Waals surface area contributed by atoms with Crippen molar-refractivity contribution in [3.05, 3.63) is 74.8 Å². The van der Waals surface area contributed by atoms with Crippen molar-refractivity contribution in [1.82, 2.24) is 0 Å². The van der Waals surface area contributed by atoms with Gasteiger partial charge in [-0.3, -0.25) is 50.6 Å². The molecule has 17 heteroatoms. The molecule has 0 unspecified atom stereocenters. The zero-order valence-corrected chi connectivity index (χ0v) is 13.7. The molecular formula is C12H7N7O10. The van der Waals surface area contributed by atoms with Crippen LogP contribution in [-0.2, 0) is 0 Å². The minimum Gasteiger partial charge on any atom is -0.391 e. The van der Waals surface area contributed by atoms with Gasteiger partial charge in [0, 0.05) is 6.07 Å². The van der Waals surface area contributed by atoms with Gasteiger partial charge in [0.15, 0.2) is 5.69 Å². The van der Waals surface area contributed by atoms with E-state index in [1.54, 1.807) is 0 Å². The van der Waals surface area contributed by atoms with E-state index >= 15 is 0 Å². The van der Waals surface area contributed by atoms with Gasteiger partial charge in [0.1, 0.15) is 5.69 Å². The maximum Gasteiger partial charge on any atom is 0.306 e. The molecule has 0 spiro atoms. The van der Waals surface area contributed by atoms with E-state index in [1.807, 2.05) is 0 Å². The Morgan fingerprint density at radius 1 is 0.621 bits per heavy atom. The van der Waals surface area contributed by atoms with Gasteiger partial charge in [0.25, 0.3) is 11.4 Å². The molecule has 0 saturated carbocycles. The molecule has 0 saturated heterocycles. The van der Waals surface area contributed by atoms with Gasteiger partial charge >= 0.3 is 17.1 Å². The van der Waals surface area contributed by atoms with Crippen molar-refractivity contribution in [2.24, 2.45) is 0 Å². The molecule has 0 heterocycles. The number of rotatable bonds is 7. The number of benzene rings is 2. The average molecular weight is 409 g/mol. The van der Waals surface area contributed by atoms with E-state index in [4.69, 9.17) is 5.73 Å². The van der Waals surface area contributed by atoms with E-state index < -0.39 is 70.1 Å². The van der Waals surface area contributed by atoms with Gasteiger partial charge in [-0.25, -0.2) is 0 Å². The molecular weight excluding hydrogens is 402 g/mol. The Bertz CT molecular complexity index is 1060. The second kappa shape index (κ2) is 7.34. The number of nitrogen functional groups attached to an aromatic ring is 1. The van der Waals surface area contributed by atoms with Crippen LogP contribution in [0.1, 0.15) is 0 Å². The molecule has 0 aliphatic rings. The molecule has 150 valence electrons. The largest absolute Gasteiger partial charge is 0.391 e. The molecule has 2 rings (SSSR count). The summed E-state index contributed by atoms with van der Waals surface area (Å²) >= 11 is 0. The summed E-state index contributed by atoms with van der Waals surface area (Å²) in [5.41, 5.74) is -1.66. The summed E-state index contributed by atoms with van der Waals surface area (Å²) in [6, 6.07) is 2.02. The van der Waals surface area contributed by atoms with Crippen LogP contribution in [0.3, 0.4) is 0 Å². The highest BCUT2D eigenvalue weighted by Crippen LogP contribution is 2.43. The molecule has 0 radical (unpaired) electrons. The molecule has 0 aromatic heterocycles. The van der Waals surface area contributed by atoms with E-state index in [0.29, 0.717) is 24.3 Å². The van der Waals surface area contributed by atoms with Crippen LogP contribution in [0.2, 0.25) is 0 Å². The highest BCUT2D eigenvalue weighted by molar-refractivity contribution is 5.88. The number of nitrogens with two attached hydrogens (primary N) is 1. The van der Waals surface area contributed by atoms with Crippen LogP contribution >= 0.6 is 0 Å². The topological polar surface area (TPSA) is 254 Å². The lowest BCUT2D eigenvalue weighted by molar-refractivity contribution is -0.401. The Morgan fingerprint density at radius 2 is 1.00 bits per heavy atom.